The third-order valence-electron chi connectivity index (χ3n) is 2.71. The highest BCUT2D eigenvalue weighted by atomic mass is 16.5. The van der Waals surface area contributed by atoms with Crippen LogP contribution in [0.15, 0.2) is 16.7 Å². The maximum Gasteiger partial charge on any atom is 0.238 e. The molecule has 0 aliphatic heterocycles. The number of nitrogens with zero attached hydrogens (tertiary/aromatic N) is 2. The van der Waals surface area contributed by atoms with E-state index in [1.165, 1.54) is 7.11 Å². The van der Waals surface area contributed by atoms with Crippen LogP contribution in [0.5, 0.6) is 5.88 Å². The molecule has 0 aromatic carbocycles. The summed E-state index contributed by atoms with van der Waals surface area (Å²) >= 11 is 0. The summed E-state index contributed by atoms with van der Waals surface area (Å²) in [5.41, 5.74) is 8.12. The molecule has 0 aliphatic carbocycles. The molecule has 0 bridgehead atoms. The van der Waals surface area contributed by atoms with E-state index in [1.807, 2.05) is 13.8 Å². The number of hydrogen-bond acceptors (Lipinski definition) is 6. The molecule has 6 heteroatoms. The van der Waals surface area contributed by atoms with Crippen molar-refractivity contribution < 1.29 is 9.26 Å². The molecule has 2 aromatic heterocycles. The maximum atomic E-state index is 5.70. The fourth-order valence-electron chi connectivity index (χ4n) is 1.65. The maximum absolute atomic E-state index is 5.70. The van der Waals surface area contributed by atoms with Crippen LogP contribution in [0.25, 0.3) is 0 Å². The predicted molar refractivity (Wildman–Crippen MR) is 68.5 cm³/mol. The Balaban J connectivity index is 2.11. The van der Waals surface area contributed by atoms with E-state index in [9.17, 15) is 0 Å². The molecule has 0 saturated heterocycles. The zero-order valence-electron chi connectivity index (χ0n) is 10.7. The van der Waals surface area contributed by atoms with Crippen LogP contribution in [0.2, 0.25) is 0 Å². The number of anilines is 2. The smallest absolute Gasteiger partial charge is 0.238 e. The molecule has 6 nitrogen and oxygen atoms in total. The van der Waals surface area contributed by atoms with Gasteiger partial charge in [0.05, 0.1) is 18.5 Å². The van der Waals surface area contributed by atoms with Gasteiger partial charge in [0.25, 0.3) is 0 Å². The van der Waals surface area contributed by atoms with Crippen molar-refractivity contribution >= 4 is 11.5 Å². The molecular weight excluding hydrogens is 232 g/mol. The number of nitrogens with one attached hydrogen (secondary N) is 1. The second-order valence-corrected chi connectivity index (χ2v) is 3.95. The van der Waals surface area contributed by atoms with E-state index in [1.54, 1.807) is 12.1 Å². The van der Waals surface area contributed by atoms with Crippen molar-refractivity contribution in [3.8, 4) is 5.88 Å². The van der Waals surface area contributed by atoms with Crippen molar-refractivity contribution in [3.63, 3.8) is 0 Å². The fourth-order valence-corrected chi connectivity index (χ4v) is 1.65. The van der Waals surface area contributed by atoms with Gasteiger partial charge in [0.15, 0.2) is 0 Å². The Morgan fingerprint density at radius 3 is 2.78 bits per heavy atom. The molecule has 0 atom stereocenters. The van der Waals surface area contributed by atoms with Gasteiger partial charge < -0.3 is 20.3 Å². The highest BCUT2D eigenvalue weighted by molar-refractivity contribution is 5.53. The first-order valence-electron chi connectivity index (χ1n) is 5.58. The molecule has 0 saturated carbocycles. The lowest BCUT2D eigenvalue weighted by Crippen LogP contribution is -2.04. The van der Waals surface area contributed by atoms with Gasteiger partial charge in [0.2, 0.25) is 5.88 Å². The van der Waals surface area contributed by atoms with E-state index in [0.29, 0.717) is 23.9 Å². The van der Waals surface area contributed by atoms with Crippen molar-refractivity contribution in [2.75, 3.05) is 18.2 Å². The molecule has 0 spiro atoms. The number of aryl methyl sites for hydroxylation is 2. The van der Waals surface area contributed by atoms with Gasteiger partial charge in [-0.2, -0.15) is 4.98 Å². The van der Waals surface area contributed by atoms with Crippen LogP contribution in [0.4, 0.5) is 11.5 Å². The third kappa shape index (κ3) is 2.37. The molecule has 2 rings (SSSR count). The Hall–Kier alpha value is -2.24. The lowest BCUT2D eigenvalue weighted by molar-refractivity contribution is 0.392. The highest BCUT2D eigenvalue weighted by Crippen LogP contribution is 2.21. The Bertz CT molecular complexity index is 532. The van der Waals surface area contributed by atoms with Crippen LogP contribution >= 0.6 is 0 Å². The van der Waals surface area contributed by atoms with Gasteiger partial charge in [-0.1, -0.05) is 5.16 Å². The van der Waals surface area contributed by atoms with Crippen LogP contribution in [0, 0.1) is 13.8 Å². The second-order valence-electron chi connectivity index (χ2n) is 3.95. The minimum Gasteiger partial charge on any atom is -0.479 e. The lowest BCUT2D eigenvalue weighted by Gasteiger charge is -2.08. The molecule has 3 N–H and O–H groups in total. The summed E-state index contributed by atoms with van der Waals surface area (Å²) in [6, 6.07) is 3.55. The number of hydrogen-bond donors (Lipinski definition) is 2. The molecule has 0 fully saturated rings. The number of nitrogens with two attached hydrogens (primary N) is 1. The summed E-state index contributed by atoms with van der Waals surface area (Å²) in [4.78, 5) is 4.24. The minimum atomic E-state index is 0.416. The average Bonchev–Trinajstić information content (AvgIpc) is 2.68. The van der Waals surface area contributed by atoms with Gasteiger partial charge in [-0.25, -0.2) is 0 Å². The minimum absolute atomic E-state index is 0.416. The van der Waals surface area contributed by atoms with E-state index in [4.69, 9.17) is 15.0 Å². The average molecular weight is 248 g/mol. The summed E-state index contributed by atoms with van der Waals surface area (Å²) in [5.74, 6) is 1.92. The molecule has 0 aliphatic rings. The molecule has 0 unspecified atom stereocenters. The first-order valence-corrected chi connectivity index (χ1v) is 5.58. The van der Waals surface area contributed by atoms with Gasteiger partial charge in [-0.05, 0) is 26.0 Å². The Morgan fingerprint density at radius 2 is 2.17 bits per heavy atom. The lowest BCUT2D eigenvalue weighted by atomic mass is 10.2. The number of nitrogen functional groups attached to an aromatic ring is 1. The highest BCUT2D eigenvalue weighted by Gasteiger charge is 2.09. The standard InChI is InChI=1S/C12H16N4O2/c1-7-9(8(2)18-16-7)6-14-11-5-4-10(13)12(15-11)17-3/h4-5H,6,13H2,1-3H3,(H,14,15). The first kappa shape index (κ1) is 12.2. The van der Waals surface area contributed by atoms with Gasteiger partial charge in [0, 0.05) is 12.1 Å². The normalized spacial score (nSPS) is 10.4. The monoisotopic (exact) mass is 248 g/mol. The van der Waals surface area contributed by atoms with Crippen molar-refractivity contribution in [1.29, 1.82) is 0 Å². The summed E-state index contributed by atoms with van der Waals surface area (Å²) < 4.78 is 10.2. The van der Waals surface area contributed by atoms with Crippen molar-refractivity contribution in [1.82, 2.24) is 10.1 Å². The van der Waals surface area contributed by atoms with E-state index in [0.717, 1.165) is 17.0 Å². The number of ether oxygens (including phenoxy) is 1. The van der Waals surface area contributed by atoms with Gasteiger partial charge in [-0.15, -0.1) is 0 Å². The van der Waals surface area contributed by atoms with E-state index >= 15 is 0 Å². The van der Waals surface area contributed by atoms with Crippen LogP contribution in [-0.4, -0.2) is 17.3 Å². The molecule has 0 radical (unpaired) electrons. The molecule has 18 heavy (non-hydrogen) atoms. The van der Waals surface area contributed by atoms with Crippen LogP contribution in [0.1, 0.15) is 17.0 Å². The Labute approximate surface area is 105 Å². The number of methoxy groups -OCH3 is 1. The van der Waals surface area contributed by atoms with E-state index in [-0.39, 0.29) is 0 Å². The second kappa shape index (κ2) is 4.95. The Morgan fingerprint density at radius 1 is 1.39 bits per heavy atom. The number of pyridine rings is 1. The van der Waals surface area contributed by atoms with Crippen LogP contribution < -0.4 is 15.8 Å². The molecule has 2 aromatic rings. The van der Waals surface area contributed by atoms with E-state index in [2.05, 4.69) is 15.5 Å². The molecule has 0 amide bonds. The zero-order valence-corrected chi connectivity index (χ0v) is 10.7. The number of rotatable bonds is 4. The SMILES string of the molecule is COc1nc(NCc2c(C)noc2C)ccc1N. The van der Waals surface area contributed by atoms with Crippen molar-refractivity contribution in [2.24, 2.45) is 0 Å². The number of aromatic nitrogens is 2. The first-order chi connectivity index (χ1) is 8.61. The van der Waals surface area contributed by atoms with Gasteiger partial charge in [0.1, 0.15) is 11.6 Å². The predicted octanol–water partition coefficient (Wildman–Crippen LogP) is 1.89. The summed E-state index contributed by atoms with van der Waals surface area (Å²) in [6.07, 6.45) is 0. The fraction of sp³-hybridized carbons (Fsp3) is 0.333. The Kier molecular flexibility index (Phi) is 3.36. The van der Waals surface area contributed by atoms with Crippen molar-refractivity contribution in [3.05, 3.63) is 29.2 Å². The molecule has 2 heterocycles. The topological polar surface area (TPSA) is 86.2 Å². The van der Waals surface area contributed by atoms with Gasteiger partial charge >= 0.3 is 0 Å². The summed E-state index contributed by atoms with van der Waals surface area (Å²) in [6.45, 7) is 4.39. The quantitative estimate of drug-likeness (QED) is 0.859. The van der Waals surface area contributed by atoms with Gasteiger partial charge in [-0.3, -0.25) is 0 Å². The van der Waals surface area contributed by atoms with Crippen LogP contribution in [0.3, 0.4) is 0 Å². The molecule has 96 valence electrons. The summed E-state index contributed by atoms with van der Waals surface area (Å²) in [5, 5.41) is 7.08. The largest absolute Gasteiger partial charge is 0.479 e. The summed E-state index contributed by atoms with van der Waals surface area (Å²) in [7, 11) is 1.54. The molecular formula is C12H16N4O2. The third-order valence-corrected chi connectivity index (χ3v) is 2.71. The van der Waals surface area contributed by atoms with Crippen molar-refractivity contribution in [2.45, 2.75) is 20.4 Å². The van der Waals surface area contributed by atoms with E-state index < -0.39 is 0 Å². The zero-order chi connectivity index (χ0) is 13.1. The van der Waals surface area contributed by atoms with Crippen LogP contribution in [-0.2, 0) is 6.54 Å².